The molecular formula is C13H17N5O3. The fraction of sp³-hybridized carbons (Fsp3) is 0.462. The first-order valence-corrected chi connectivity index (χ1v) is 6.78. The molecule has 21 heavy (non-hydrogen) atoms. The first-order valence-electron chi connectivity index (χ1n) is 6.78. The number of carbonyl (C=O) groups excluding carboxylic acids is 2. The molecule has 2 aliphatic rings. The van der Waals surface area contributed by atoms with E-state index in [0.717, 1.165) is 0 Å². The number of urea groups is 1. The van der Waals surface area contributed by atoms with Crippen LogP contribution in [0.4, 0.5) is 10.5 Å². The molecule has 8 nitrogen and oxygen atoms in total. The maximum atomic E-state index is 12.6. The van der Waals surface area contributed by atoms with Crippen molar-refractivity contribution in [1.82, 2.24) is 15.2 Å². The zero-order valence-corrected chi connectivity index (χ0v) is 11.5. The van der Waals surface area contributed by atoms with E-state index in [1.165, 1.54) is 4.90 Å². The third-order valence-electron chi connectivity index (χ3n) is 3.90. The van der Waals surface area contributed by atoms with Gasteiger partial charge in [0.05, 0.1) is 17.9 Å². The summed E-state index contributed by atoms with van der Waals surface area (Å²) >= 11 is 0. The summed E-state index contributed by atoms with van der Waals surface area (Å²) in [5.41, 5.74) is 2.97. The summed E-state index contributed by atoms with van der Waals surface area (Å²) in [5.74, 6) is 5.14. The number of imide groups is 1. The molecule has 0 bridgehead atoms. The molecule has 8 heteroatoms. The second-order valence-corrected chi connectivity index (χ2v) is 5.20. The SMILES string of the molecule is NNc1ccnc(CN2C(=O)NC3(CCOCC3)C2=O)c1. The Hall–Kier alpha value is -2.19. The van der Waals surface area contributed by atoms with Crippen molar-refractivity contribution in [3.63, 3.8) is 0 Å². The number of anilines is 1. The fourth-order valence-electron chi connectivity index (χ4n) is 2.69. The van der Waals surface area contributed by atoms with E-state index in [1.54, 1.807) is 18.3 Å². The number of rotatable bonds is 3. The average Bonchev–Trinajstić information content (AvgIpc) is 2.73. The van der Waals surface area contributed by atoms with Crippen LogP contribution < -0.4 is 16.6 Å². The van der Waals surface area contributed by atoms with Gasteiger partial charge in [-0.2, -0.15) is 0 Å². The largest absolute Gasteiger partial charge is 0.381 e. The molecule has 2 saturated heterocycles. The molecule has 4 N–H and O–H groups in total. The highest BCUT2D eigenvalue weighted by molar-refractivity contribution is 6.07. The van der Waals surface area contributed by atoms with Crippen molar-refractivity contribution in [3.8, 4) is 0 Å². The van der Waals surface area contributed by atoms with Crippen LogP contribution in [0.25, 0.3) is 0 Å². The smallest absolute Gasteiger partial charge is 0.325 e. The van der Waals surface area contributed by atoms with Gasteiger partial charge in [-0.15, -0.1) is 0 Å². The number of pyridine rings is 1. The monoisotopic (exact) mass is 291 g/mol. The second kappa shape index (κ2) is 5.30. The minimum atomic E-state index is -0.806. The molecule has 0 aromatic carbocycles. The lowest BCUT2D eigenvalue weighted by Gasteiger charge is -2.30. The number of nitrogens with zero attached hydrogens (tertiary/aromatic N) is 2. The number of hydrogen-bond acceptors (Lipinski definition) is 6. The van der Waals surface area contributed by atoms with Crippen molar-refractivity contribution in [2.24, 2.45) is 5.84 Å². The van der Waals surface area contributed by atoms with Gasteiger partial charge >= 0.3 is 6.03 Å². The number of amides is 3. The third-order valence-corrected chi connectivity index (χ3v) is 3.90. The zero-order valence-electron chi connectivity index (χ0n) is 11.5. The topological polar surface area (TPSA) is 110 Å². The lowest BCUT2D eigenvalue weighted by Crippen LogP contribution is -2.51. The van der Waals surface area contributed by atoms with Crippen LogP contribution >= 0.6 is 0 Å². The number of aromatic nitrogens is 1. The molecule has 0 saturated carbocycles. The van der Waals surface area contributed by atoms with Crippen molar-refractivity contribution in [1.29, 1.82) is 0 Å². The maximum Gasteiger partial charge on any atom is 0.325 e. The van der Waals surface area contributed by atoms with Crippen LogP contribution in [-0.4, -0.2) is 40.6 Å². The molecule has 2 fully saturated rings. The Labute approximate surface area is 121 Å². The highest BCUT2D eigenvalue weighted by atomic mass is 16.5. The van der Waals surface area contributed by atoms with Gasteiger partial charge in [0.15, 0.2) is 0 Å². The minimum Gasteiger partial charge on any atom is -0.381 e. The van der Waals surface area contributed by atoms with Gasteiger partial charge in [-0.05, 0) is 12.1 Å². The number of nitrogens with one attached hydrogen (secondary N) is 2. The highest BCUT2D eigenvalue weighted by Gasteiger charge is 2.51. The number of nitrogen functional groups attached to an aromatic ring is 1. The first-order chi connectivity index (χ1) is 10.1. The number of hydrogen-bond donors (Lipinski definition) is 3. The van der Waals surface area contributed by atoms with E-state index >= 15 is 0 Å². The Bertz CT molecular complexity index is 571. The van der Waals surface area contributed by atoms with Gasteiger partial charge in [-0.1, -0.05) is 0 Å². The van der Waals surface area contributed by atoms with Crippen LogP contribution in [0.3, 0.4) is 0 Å². The van der Waals surface area contributed by atoms with Crippen LogP contribution in [0, 0.1) is 0 Å². The van der Waals surface area contributed by atoms with E-state index in [0.29, 0.717) is 37.4 Å². The summed E-state index contributed by atoms with van der Waals surface area (Å²) in [5, 5.41) is 2.81. The molecule has 3 amide bonds. The van der Waals surface area contributed by atoms with E-state index in [9.17, 15) is 9.59 Å². The van der Waals surface area contributed by atoms with Gasteiger partial charge in [0.1, 0.15) is 5.54 Å². The van der Waals surface area contributed by atoms with Crippen molar-refractivity contribution in [2.75, 3.05) is 18.6 Å². The Morgan fingerprint density at radius 1 is 1.43 bits per heavy atom. The molecule has 1 spiro atoms. The number of nitrogens with two attached hydrogens (primary N) is 1. The summed E-state index contributed by atoms with van der Waals surface area (Å²) in [7, 11) is 0. The van der Waals surface area contributed by atoms with Crippen molar-refractivity contribution in [2.45, 2.75) is 24.9 Å². The Kier molecular flexibility index (Phi) is 3.48. The summed E-state index contributed by atoms with van der Waals surface area (Å²) in [6.45, 7) is 1.08. The van der Waals surface area contributed by atoms with Gasteiger partial charge in [-0.25, -0.2) is 4.79 Å². The van der Waals surface area contributed by atoms with Gasteiger partial charge < -0.3 is 15.5 Å². The first kappa shape index (κ1) is 13.8. The predicted molar refractivity (Wildman–Crippen MR) is 73.9 cm³/mol. The molecule has 0 aliphatic carbocycles. The molecule has 1 aromatic rings. The molecular weight excluding hydrogens is 274 g/mol. The molecule has 0 atom stereocenters. The lowest BCUT2D eigenvalue weighted by molar-refractivity contribution is -0.134. The molecule has 0 unspecified atom stereocenters. The number of ether oxygens (including phenoxy) is 1. The Balaban J connectivity index is 1.79. The van der Waals surface area contributed by atoms with Crippen LogP contribution in [0.2, 0.25) is 0 Å². The molecule has 3 rings (SSSR count). The Morgan fingerprint density at radius 2 is 2.19 bits per heavy atom. The van der Waals surface area contributed by atoms with Crippen LogP contribution in [0.1, 0.15) is 18.5 Å². The van der Waals surface area contributed by atoms with Crippen LogP contribution in [0.5, 0.6) is 0 Å². The van der Waals surface area contributed by atoms with Gasteiger partial charge in [0.2, 0.25) is 0 Å². The van der Waals surface area contributed by atoms with E-state index in [-0.39, 0.29) is 18.5 Å². The van der Waals surface area contributed by atoms with Crippen molar-refractivity contribution < 1.29 is 14.3 Å². The molecule has 2 aliphatic heterocycles. The summed E-state index contributed by atoms with van der Waals surface area (Å²) in [6, 6.07) is 3.03. The lowest BCUT2D eigenvalue weighted by atomic mass is 9.90. The van der Waals surface area contributed by atoms with Crippen LogP contribution in [-0.2, 0) is 16.1 Å². The predicted octanol–water partition coefficient (Wildman–Crippen LogP) is -0.0318. The van der Waals surface area contributed by atoms with E-state index in [1.807, 2.05) is 0 Å². The minimum absolute atomic E-state index is 0.128. The van der Waals surface area contributed by atoms with Gasteiger partial charge in [0.25, 0.3) is 5.91 Å². The zero-order chi connectivity index (χ0) is 14.9. The third kappa shape index (κ3) is 2.43. The summed E-state index contributed by atoms with van der Waals surface area (Å²) < 4.78 is 5.27. The molecule has 1 aromatic heterocycles. The number of hydrazine groups is 1. The molecule has 3 heterocycles. The van der Waals surface area contributed by atoms with E-state index in [2.05, 4.69) is 15.7 Å². The van der Waals surface area contributed by atoms with Crippen molar-refractivity contribution in [3.05, 3.63) is 24.0 Å². The molecule has 112 valence electrons. The summed E-state index contributed by atoms with van der Waals surface area (Å²) in [4.78, 5) is 30.0. The Morgan fingerprint density at radius 3 is 2.90 bits per heavy atom. The quantitative estimate of drug-likeness (QED) is 0.410. The normalized spacial score (nSPS) is 20.7. The van der Waals surface area contributed by atoms with Gasteiger partial charge in [-0.3, -0.25) is 20.5 Å². The van der Waals surface area contributed by atoms with Crippen molar-refractivity contribution >= 4 is 17.6 Å². The second-order valence-electron chi connectivity index (χ2n) is 5.20. The standard InChI is InChI=1S/C13H17N5O3/c14-17-9-1-4-15-10(7-9)8-18-11(19)13(16-12(18)20)2-5-21-6-3-13/h1,4,7H,2-3,5-6,8,14H2,(H,15,17)(H,16,20). The number of carbonyl (C=O) groups is 2. The van der Waals surface area contributed by atoms with E-state index in [4.69, 9.17) is 10.6 Å². The fourth-order valence-corrected chi connectivity index (χ4v) is 2.69. The maximum absolute atomic E-state index is 12.6. The van der Waals surface area contributed by atoms with E-state index < -0.39 is 5.54 Å². The van der Waals surface area contributed by atoms with Gasteiger partial charge in [0, 0.05) is 32.3 Å². The molecule has 0 radical (unpaired) electrons. The summed E-state index contributed by atoms with van der Waals surface area (Å²) in [6.07, 6.45) is 2.59. The van der Waals surface area contributed by atoms with Crippen LogP contribution in [0.15, 0.2) is 18.3 Å². The highest BCUT2D eigenvalue weighted by Crippen LogP contribution is 2.29. The average molecular weight is 291 g/mol.